The molecule has 0 saturated carbocycles. The molecule has 0 heterocycles. The minimum absolute atomic E-state index is 0.0497. The van der Waals surface area contributed by atoms with E-state index in [1.807, 2.05) is 18.2 Å². The molecule has 2 aromatic rings. The van der Waals surface area contributed by atoms with Crippen LogP contribution < -0.4 is 15.2 Å². The van der Waals surface area contributed by atoms with E-state index in [9.17, 15) is 0 Å². The van der Waals surface area contributed by atoms with Gasteiger partial charge in [0.25, 0.3) is 0 Å². The molecule has 0 aliphatic carbocycles. The fraction of sp³-hybridized carbons (Fsp3) is 0.333. The lowest BCUT2D eigenvalue weighted by Gasteiger charge is -2.16. The van der Waals surface area contributed by atoms with Gasteiger partial charge in [-0.2, -0.15) is 0 Å². The van der Waals surface area contributed by atoms with Crippen molar-refractivity contribution in [1.29, 1.82) is 0 Å². The molecule has 2 aromatic carbocycles. The van der Waals surface area contributed by atoms with E-state index in [0.717, 1.165) is 29.9 Å². The Kier molecular flexibility index (Phi) is 5.23. The minimum atomic E-state index is -0.0497. The quantitative estimate of drug-likeness (QED) is 0.881. The first kappa shape index (κ1) is 15.4. The third-order valence-electron chi connectivity index (χ3n) is 3.67. The lowest BCUT2D eigenvalue weighted by Crippen LogP contribution is -2.12. The number of rotatable bonds is 6. The minimum Gasteiger partial charge on any atom is -0.497 e. The second-order valence-corrected chi connectivity index (χ2v) is 5.24. The molecule has 0 radical (unpaired) electrons. The van der Waals surface area contributed by atoms with Crippen LogP contribution in [0, 0.1) is 6.92 Å². The van der Waals surface area contributed by atoms with Crippen molar-refractivity contribution in [2.24, 2.45) is 5.73 Å². The van der Waals surface area contributed by atoms with Crippen LogP contribution in [0.3, 0.4) is 0 Å². The second-order valence-electron chi connectivity index (χ2n) is 5.24. The van der Waals surface area contributed by atoms with Crippen molar-refractivity contribution in [2.75, 3.05) is 14.2 Å². The van der Waals surface area contributed by atoms with Crippen LogP contribution in [0.4, 0.5) is 0 Å². The zero-order valence-corrected chi connectivity index (χ0v) is 12.9. The smallest absolute Gasteiger partial charge is 0.127 e. The fourth-order valence-electron chi connectivity index (χ4n) is 2.47. The summed E-state index contributed by atoms with van der Waals surface area (Å²) >= 11 is 0. The maximum absolute atomic E-state index is 6.33. The average molecular weight is 285 g/mol. The van der Waals surface area contributed by atoms with Gasteiger partial charge in [-0.25, -0.2) is 0 Å². The largest absolute Gasteiger partial charge is 0.497 e. The Morgan fingerprint density at radius 1 is 1.05 bits per heavy atom. The van der Waals surface area contributed by atoms with E-state index in [4.69, 9.17) is 15.2 Å². The zero-order chi connectivity index (χ0) is 15.2. The van der Waals surface area contributed by atoms with Gasteiger partial charge < -0.3 is 15.2 Å². The van der Waals surface area contributed by atoms with Gasteiger partial charge in [-0.1, -0.05) is 35.9 Å². The first-order chi connectivity index (χ1) is 10.1. The molecule has 0 aliphatic heterocycles. The highest BCUT2D eigenvalue weighted by molar-refractivity contribution is 5.42. The van der Waals surface area contributed by atoms with Gasteiger partial charge in [0.05, 0.1) is 14.2 Å². The number of aryl methyl sites for hydroxylation is 2. The summed E-state index contributed by atoms with van der Waals surface area (Å²) in [6.07, 6.45) is 1.84. The second kappa shape index (κ2) is 7.14. The predicted molar refractivity (Wildman–Crippen MR) is 86.0 cm³/mol. The van der Waals surface area contributed by atoms with E-state index in [1.54, 1.807) is 14.2 Å². The summed E-state index contributed by atoms with van der Waals surface area (Å²) in [6, 6.07) is 14.3. The Morgan fingerprint density at radius 3 is 2.52 bits per heavy atom. The van der Waals surface area contributed by atoms with Gasteiger partial charge in [0.15, 0.2) is 0 Å². The SMILES string of the molecule is COc1ccc(C(N)CCc2cccc(C)c2)c(OC)c1. The number of hydrogen-bond acceptors (Lipinski definition) is 3. The van der Waals surface area contributed by atoms with Gasteiger partial charge in [-0.15, -0.1) is 0 Å². The van der Waals surface area contributed by atoms with Gasteiger partial charge in [-0.3, -0.25) is 0 Å². The Bertz CT molecular complexity index is 596. The molecule has 1 atom stereocenters. The Labute approximate surface area is 126 Å². The number of ether oxygens (including phenoxy) is 2. The molecule has 3 heteroatoms. The van der Waals surface area contributed by atoms with E-state index < -0.39 is 0 Å². The Hall–Kier alpha value is -2.00. The third kappa shape index (κ3) is 3.99. The van der Waals surface area contributed by atoms with Crippen LogP contribution in [-0.2, 0) is 6.42 Å². The predicted octanol–water partition coefficient (Wildman–Crippen LogP) is 3.64. The first-order valence-corrected chi connectivity index (χ1v) is 7.17. The Morgan fingerprint density at radius 2 is 1.86 bits per heavy atom. The molecule has 2 N–H and O–H groups in total. The van der Waals surface area contributed by atoms with Crippen molar-refractivity contribution in [3.8, 4) is 11.5 Å². The molecule has 0 amide bonds. The molecule has 0 bridgehead atoms. The van der Waals surface area contributed by atoms with Crippen molar-refractivity contribution >= 4 is 0 Å². The molecule has 1 unspecified atom stereocenters. The summed E-state index contributed by atoms with van der Waals surface area (Å²) in [4.78, 5) is 0. The molecule has 0 aliphatic rings. The summed E-state index contributed by atoms with van der Waals surface area (Å²) < 4.78 is 10.6. The molecule has 21 heavy (non-hydrogen) atoms. The van der Waals surface area contributed by atoms with Gasteiger partial charge >= 0.3 is 0 Å². The van der Waals surface area contributed by atoms with Crippen LogP contribution in [0.2, 0.25) is 0 Å². The first-order valence-electron chi connectivity index (χ1n) is 7.17. The molecule has 0 aromatic heterocycles. The lowest BCUT2D eigenvalue weighted by molar-refractivity contribution is 0.387. The van der Waals surface area contributed by atoms with Gasteiger partial charge in [0.1, 0.15) is 11.5 Å². The van der Waals surface area contributed by atoms with Crippen LogP contribution in [-0.4, -0.2) is 14.2 Å². The number of methoxy groups -OCH3 is 2. The maximum atomic E-state index is 6.33. The normalized spacial score (nSPS) is 12.0. The summed E-state index contributed by atoms with van der Waals surface area (Å²) in [7, 11) is 3.30. The van der Waals surface area contributed by atoms with Crippen LogP contribution in [0.1, 0.15) is 29.2 Å². The van der Waals surface area contributed by atoms with Gasteiger partial charge in [0, 0.05) is 17.7 Å². The van der Waals surface area contributed by atoms with Crippen molar-refractivity contribution in [2.45, 2.75) is 25.8 Å². The summed E-state index contributed by atoms with van der Waals surface area (Å²) in [5.41, 5.74) is 9.95. The van der Waals surface area contributed by atoms with Gasteiger partial charge in [0.2, 0.25) is 0 Å². The molecule has 2 rings (SSSR count). The molecule has 0 fully saturated rings. The highest BCUT2D eigenvalue weighted by Crippen LogP contribution is 2.30. The maximum Gasteiger partial charge on any atom is 0.127 e. The zero-order valence-electron chi connectivity index (χ0n) is 12.9. The van der Waals surface area contributed by atoms with E-state index in [0.29, 0.717) is 0 Å². The van der Waals surface area contributed by atoms with Crippen LogP contribution >= 0.6 is 0 Å². The van der Waals surface area contributed by atoms with Crippen molar-refractivity contribution in [1.82, 2.24) is 0 Å². The monoisotopic (exact) mass is 285 g/mol. The highest BCUT2D eigenvalue weighted by Gasteiger charge is 2.13. The number of nitrogens with two attached hydrogens (primary N) is 1. The standard InChI is InChI=1S/C18H23NO2/c1-13-5-4-6-14(11-13)7-10-17(19)16-9-8-15(20-2)12-18(16)21-3/h4-6,8-9,11-12,17H,7,10,19H2,1-3H3. The molecule has 0 saturated heterocycles. The summed E-state index contributed by atoms with van der Waals surface area (Å²) in [6.45, 7) is 2.11. The van der Waals surface area contributed by atoms with Crippen LogP contribution in [0.15, 0.2) is 42.5 Å². The van der Waals surface area contributed by atoms with Crippen molar-refractivity contribution in [3.05, 3.63) is 59.2 Å². The highest BCUT2D eigenvalue weighted by atomic mass is 16.5. The topological polar surface area (TPSA) is 44.5 Å². The molecular weight excluding hydrogens is 262 g/mol. The van der Waals surface area contributed by atoms with E-state index in [1.165, 1.54) is 11.1 Å². The van der Waals surface area contributed by atoms with Crippen LogP contribution in [0.25, 0.3) is 0 Å². The molecule has 3 nitrogen and oxygen atoms in total. The average Bonchev–Trinajstić information content (AvgIpc) is 2.52. The third-order valence-corrected chi connectivity index (χ3v) is 3.67. The van der Waals surface area contributed by atoms with Crippen molar-refractivity contribution in [3.63, 3.8) is 0 Å². The van der Waals surface area contributed by atoms with E-state index in [2.05, 4.69) is 31.2 Å². The van der Waals surface area contributed by atoms with Crippen LogP contribution in [0.5, 0.6) is 11.5 Å². The van der Waals surface area contributed by atoms with Gasteiger partial charge in [-0.05, 0) is 31.4 Å². The molecule has 0 spiro atoms. The number of hydrogen-bond donors (Lipinski definition) is 1. The summed E-state index contributed by atoms with van der Waals surface area (Å²) in [5, 5.41) is 0. The molecule has 112 valence electrons. The summed E-state index contributed by atoms with van der Waals surface area (Å²) in [5.74, 6) is 1.56. The number of benzene rings is 2. The molecular formula is C18H23NO2. The van der Waals surface area contributed by atoms with E-state index >= 15 is 0 Å². The van der Waals surface area contributed by atoms with Crippen molar-refractivity contribution < 1.29 is 9.47 Å². The fourth-order valence-corrected chi connectivity index (χ4v) is 2.47. The van der Waals surface area contributed by atoms with E-state index in [-0.39, 0.29) is 6.04 Å². The Balaban J connectivity index is 2.07. The lowest BCUT2D eigenvalue weighted by atomic mass is 9.98.